The van der Waals surface area contributed by atoms with Gasteiger partial charge in [0, 0.05) is 6.07 Å². The van der Waals surface area contributed by atoms with E-state index >= 15 is 0 Å². The summed E-state index contributed by atoms with van der Waals surface area (Å²) in [6.07, 6.45) is -0.483. The van der Waals surface area contributed by atoms with Crippen molar-refractivity contribution in [1.82, 2.24) is 0 Å². The number of hydrogen-bond acceptors (Lipinski definition) is 5. The summed E-state index contributed by atoms with van der Waals surface area (Å²) in [5.74, 6) is -0.808. The van der Waals surface area contributed by atoms with Gasteiger partial charge in [-0.25, -0.2) is 0 Å². The predicted octanol–water partition coefficient (Wildman–Crippen LogP) is 1.24. The van der Waals surface area contributed by atoms with Gasteiger partial charge in [-0.2, -0.15) is 0 Å². The fourth-order valence-corrected chi connectivity index (χ4v) is 1.40. The second-order valence-corrected chi connectivity index (χ2v) is 3.15. The molecule has 0 aliphatic heterocycles. The van der Waals surface area contributed by atoms with Crippen LogP contribution in [-0.4, -0.2) is 30.2 Å². The number of carboxylic acid groups (broad SMARTS) is 1. The van der Waals surface area contributed by atoms with Crippen molar-refractivity contribution in [3.63, 3.8) is 0 Å². The number of nitro groups is 1. The Morgan fingerprint density at radius 2 is 2.06 bits per heavy atom. The van der Waals surface area contributed by atoms with Crippen molar-refractivity contribution in [1.29, 1.82) is 0 Å². The number of benzene rings is 1. The van der Waals surface area contributed by atoms with Crippen molar-refractivity contribution in [3.05, 3.63) is 27.8 Å². The second-order valence-electron chi connectivity index (χ2n) is 3.15. The van der Waals surface area contributed by atoms with Gasteiger partial charge in [0.05, 0.1) is 37.2 Å². The molecule has 0 saturated heterocycles. The van der Waals surface area contributed by atoms with Crippen molar-refractivity contribution < 1.29 is 24.3 Å². The first kappa shape index (κ1) is 12.8. The first-order valence-corrected chi connectivity index (χ1v) is 4.60. The molecule has 0 heterocycles. The van der Waals surface area contributed by atoms with Gasteiger partial charge in [-0.05, 0) is 0 Å². The van der Waals surface area contributed by atoms with Gasteiger partial charge in [-0.15, -0.1) is 0 Å². The number of carbonyl (C=O) groups is 1. The van der Waals surface area contributed by atoms with Crippen LogP contribution < -0.4 is 9.47 Å². The maximum atomic E-state index is 10.8. The van der Waals surface area contributed by atoms with Gasteiger partial charge in [-0.1, -0.05) is 0 Å². The minimum Gasteiger partial charge on any atom is -0.496 e. The molecule has 1 N–H and O–H groups in total. The van der Waals surface area contributed by atoms with Gasteiger partial charge >= 0.3 is 5.97 Å². The molecule has 0 atom stereocenters. The molecule has 1 rings (SSSR count). The maximum Gasteiger partial charge on any atom is 0.308 e. The lowest BCUT2D eigenvalue weighted by atomic mass is 10.1. The Hall–Kier alpha value is -2.31. The standard InChI is InChI=1S/C10H11NO6/c1-16-6-3-8(11(14)15)7(5-10(12)13)9(4-6)17-2/h3-4H,5H2,1-2H3,(H,12,13). The van der Waals surface area contributed by atoms with E-state index < -0.39 is 17.3 Å². The van der Waals surface area contributed by atoms with Gasteiger partial charge in [-0.3, -0.25) is 14.9 Å². The number of methoxy groups -OCH3 is 2. The molecule has 0 unspecified atom stereocenters. The van der Waals surface area contributed by atoms with Crippen LogP contribution in [0.3, 0.4) is 0 Å². The summed E-state index contributed by atoms with van der Waals surface area (Å²) in [5.41, 5.74) is -0.311. The molecular weight excluding hydrogens is 230 g/mol. The highest BCUT2D eigenvalue weighted by Crippen LogP contribution is 2.34. The molecule has 0 aromatic heterocycles. The average molecular weight is 241 g/mol. The van der Waals surface area contributed by atoms with E-state index in [1.54, 1.807) is 0 Å². The smallest absolute Gasteiger partial charge is 0.308 e. The van der Waals surface area contributed by atoms with E-state index in [0.29, 0.717) is 0 Å². The van der Waals surface area contributed by atoms with Crippen molar-refractivity contribution in [2.45, 2.75) is 6.42 Å². The Morgan fingerprint density at radius 1 is 1.41 bits per heavy atom. The van der Waals surface area contributed by atoms with Gasteiger partial charge in [0.15, 0.2) is 0 Å². The van der Waals surface area contributed by atoms with E-state index in [1.807, 2.05) is 0 Å². The number of carboxylic acids is 1. The van der Waals surface area contributed by atoms with E-state index in [0.717, 1.165) is 0 Å². The first-order valence-electron chi connectivity index (χ1n) is 4.60. The third-order valence-corrected chi connectivity index (χ3v) is 2.14. The predicted molar refractivity (Wildman–Crippen MR) is 57.5 cm³/mol. The molecular formula is C10H11NO6. The summed E-state index contributed by atoms with van der Waals surface area (Å²) in [7, 11) is 2.67. The van der Waals surface area contributed by atoms with Crippen molar-refractivity contribution in [2.75, 3.05) is 14.2 Å². The molecule has 17 heavy (non-hydrogen) atoms. The molecule has 0 radical (unpaired) electrons. The van der Waals surface area contributed by atoms with Crippen molar-refractivity contribution in [2.24, 2.45) is 0 Å². The fraction of sp³-hybridized carbons (Fsp3) is 0.300. The topological polar surface area (TPSA) is 98.9 Å². The van der Waals surface area contributed by atoms with Crippen LogP contribution in [0.25, 0.3) is 0 Å². The van der Waals surface area contributed by atoms with E-state index in [2.05, 4.69) is 0 Å². The second kappa shape index (κ2) is 5.15. The Kier molecular flexibility index (Phi) is 3.86. The van der Waals surface area contributed by atoms with E-state index in [1.165, 1.54) is 26.4 Å². The number of rotatable bonds is 5. The summed E-state index contributed by atoms with van der Waals surface area (Å²) in [5, 5.41) is 19.6. The number of ether oxygens (including phenoxy) is 2. The fourth-order valence-electron chi connectivity index (χ4n) is 1.40. The zero-order valence-electron chi connectivity index (χ0n) is 9.30. The van der Waals surface area contributed by atoms with Gasteiger partial charge in [0.1, 0.15) is 11.5 Å². The minimum absolute atomic E-state index is 0.0193. The first-order chi connectivity index (χ1) is 7.99. The van der Waals surface area contributed by atoms with E-state index in [9.17, 15) is 14.9 Å². The van der Waals surface area contributed by atoms with Crippen LogP contribution in [0.4, 0.5) is 5.69 Å². The van der Waals surface area contributed by atoms with E-state index in [-0.39, 0.29) is 22.7 Å². The molecule has 1 aromatic carbocycles. The van der Waals surface area contributed by atoms with Gasteiger partial charge < -0.3 is 14.6 Å². The number of aliphatic carboxylic acids is 1. The quantitative estimate of drug-likeness (QED) is 0.615. The molecule has 0 spiro atoms. The highest BCUT2D eigenvalue weighted by atomic mass is 16.6. The lowest BCUT2D eigenvalue weighted by molar-refractivity contribution is -0.385. The SMILES string of the molecule is COc1cc(OC)c(CC(=O)O)c([N+](=O)[O-])c1. The largest absolute Gasteiger partial charge is 0.496 e. The zero-order valence-corrected chi connectivity index (χ0v) is 9.30. The molecule has 92 valence electrons. The Morgan fingerprint density at radius 3 is 2.47 bits per heavy atom. The molecule has 0 aliphatic rings. The van der Waals surface area contributed by atoms with Crippen LogP contribution in [0.1, 0.15) is 5.56 Å². The van der Waals surface area contributed by atoms with Crippen LogP contribution in [0.5, 0.6) is 11.5 Å². The lowest BCUT2D eigenvalue weighted by Crippen LogP contribution is -2.06. The summed E-state index contributed by atoms with van der Waals surface area (Å²) < 4.78 is 9.81. The van der Waals surface area contributed by atoms with Crippen LogP contribution in [0.2, 0.25) is 0 Å². The highest BCUT2D eigenvalue weighted by Gasteiger charge is 2.22. The number of nitrogens with zero attached hydrogens (tertiary/aromatic N) is 1. The molecule has 7 nitrogen and oxygen atoms in total. The van der Waals surface area contributed by atoms with Crippen LogP contribution in [0, 0.1) is 10.1 Å². The summed E-state index contributed by atoms with van der Waals surface area (Å²) >= 11 is 0. The summed E-state index contributed by atoms with van der Waals surface area (Å²) in [6, 6.07) is 2.58. The molecule has 0 fully saturated rings. The van der Waals surface area contributed by atoms with Crippen LogP contribution >= 0.6 is 0 Å². The molecule has 0 amide bonds. The highest BCUT2D eigenvalue weighted by molar-refractivity contribution is 5.74. The zero-order chi connectivity index (χ0) is 13.0. The molecule has 1 aromatic rings. The Labute approximate surface area is 96.7 Å². The lowest BCUT2D eigenvalue weighted by Gasteiger charge is -2.09. The van der Waals surface area contributed by atoms with Crippen LogP contribution in [-0.2, 0) is 11.2 Å². The monoisotopic (exact) mass is 241 g/mol. The third kappa shape index (κ3) is 2.83. The summed E-state index contributed by atoms with van der Waals surface area (Å²) in [4.78, 5) is 20.8. The number of hydrogen-bond donors (Lipinski definition) is 1. The van der Waals surface area contributed by atoms with Crippen molar-refractivity contribution >= 4 is 11.7 Å². The van der Waals surface area contributed by atoms with E-state index in [4.69, 9.17) is 14.6 Å². The Balaban J connectivity index is 3.40. The molecule has 0 aliphatic carbocycles. The summed E-state index contributed by atoms with van der Waals surface area (Å²) in [6.45, 7) is 0. The van der Waals surface area contributed by atoms with Gasteiger partial charge in [0.25, 0.3) is 5.69 Å². The maximum absolute atomic E-state index is 10.8. The molecule has 0 bridgehead atoms. The average Bonchev–Trinajstić information content (AvgIpc) is 2.28. The number of nitro benzene ring substituents is 1. The third-order valence-electron chi connectivity index (χ3n) is 2.14. The normalized spacial score (nSPS) is 9.76. The van der Waals surface area contributed by atoms with Gasteiger partial charge in [0.2, 0.25) is 0 Å². The molecule has 7 heteroatoms. The van der Waals surface area contributed by atoms with Crippen LogP contribution in [0.15, 0.2) is 12.1 Å². The molecule has 0 saturated carbocycles. The Bertz CT molecular complexity index is 456. The van der Waals surface area contributed by atoms with Crippen molar-refractivity contribution in [3.8, 4) is 11.5 Å². The minimum atomic E-state index is -1.17.